The lowest BCUT2D eigenvalue weighted by atomic mass is 9.97. The maximum Gasteiger partial charge on any atom is 0.407 e. The molecule has 1 aromatic carbocycles. The van der Waals surface area contributed by atoms with Crippen LogP contribution in [0.5, 0.6) is 0 Å². The van der Waals surface area contributed by atoms with Crippen molar-refractivity contribution in [3.05, 3.63) is 74.8 Å². The third-order valence-corrected chi connectivity index (χ3v) is 7.88. The number of carbonyl (C=O) groups excluding carboxylic acids is 1. The molecule has 0 bridgehead atoms. The van der Waals surface area contributed by atoms with E-state index in [1.807, 2.05) is 44.3 Å². The molecule has 3 N–H and O–H groups in total. The fourth-order valence-electron chi connectivity index (χ4n) is 5.67. The van der Waals surface area contributed by atoms with Crippen LogP contribution in [0.25, 0.3) is 11.1 Å². The van der Waals surface area contributed by atoms with E-state index in [-0.39, 0.29) is 24.1 Å². The van der Waals surface area contributed by atoms with Gasteiger partial charge in [-0.3, -0.25) is 9.59 Å². The number of fused-ring (bicyclic) bond motifs is 1. The zero-order valence-electron chi connectivity index (χ0n) is 23.5. The lowest BCUT2D eigenvalue weighted by molar-refractivity contribution is 0.0950. The lowest BCUT2D eigenvalue weighted by Gasteiger charge is -2.33. The van der Waals surface area contributed by atoms with Crippen molar-refractivity contribution >= 4 is 23.5 Å². The number of H-pyrrole nitrogens is 1. The van der Waals surface area contributed by atoms with Crippen molar-refractivity contribution in [1.29, 1.82) is 0 Å². The van der Waals surface area contributed by atoms with Crippen molar-refractivity contribution in [1.82, 2.24) is 20.2 Å². The second-order valence-corrected chi connectivity index (χ2v) is 10.8. The largest absolute Gasteiger partial charge is 0.465 e. The number of aromatic nitrogens is 2. The first kappa shape index (κ1) is 27.2. The number of amides is 2. The van der Waals surface area contributed by atoms with E-state index < -0.39 is 6.09 Å². The monoisotopic (exact) mass is 544 g/mol. The minimum absolute atomic E-state index is 0.151. The minimum atomic E-state index is -0.893. The standard InChI is InChI=1S/C30H36N6O4/c1-18(2)36-8-7-23-24(28(37)32-17-25-19(3)13-20(4)33-29(25)38)14-22(15-26(23)36)21-5-6-27(31-16-21)34-9-11-35(12-10-34)30(39)40/h5-6,13-16,18H,7-12,17H2,1-4H3,(H,32,37)(H,33,38)(H,39,40). The van der Waals surface area contributed by atoms with Crippen molar-refractivity contribution in [2.24, 2.45) is 0 Å². The molecule has 0 unspecified atom stereocenters. The number of benzene rings is 1. The summed E-state index contributed by atoms with van der Waals surface area (Å²) in [5.74, 6) is 0.597. The van der Waals surface area contributed by atoms with E-state index in [1.165, 1.54) is 4.90 Å². The summed E-state index contributed by atoms with van der Waals surface area (Å²) in [6, 6.07) is 10.2. The number of hydrogen-bond acceptors (Lipinski definition) is 6. The third-order valence-electron chi connectivity index (χ3n) is 7.88. The number of nitrogens with zero attached hydrogens (tertiary/aromatic N) is 4. The Hall–Kier alpha value is -4.34. The van der Waals surface area contributed by atoms with Gasteiger partial charge in [-0.1, -0.05) is 0 Å². The number of piperazine rings is 1. The molecular weight excluding hydrogens is 508 g/mol. The number of pyridine rings is 2. The third kappa shape index (κ3) is 5.38. The van der Waals surface area contributed by atoms with Gasteiger partial charge in [0.1, 0.15) is 5.82 Å². The van der Waals surface area contributed by atoms with Crippen molar-refractivity contribution in [3.63, 3.8) is 0 Å². The Morgan fingerprint density at radius 1 is 1.05 bits per heavy atom. The average Bonchev–Trinajstić information content (AvgIpc) is 3.36. The van der Waals surface area contributed by atoms with Crippen molar-refractivity contribution in [3.8, 4) is 11.1 Å². The zero-order chi connectivity index (χ0) is 28.6. The van der Waals surface area contributed by atoms with E-state index >= 15 is 0 Å². The number of carbonyl (C=O) groups is 2. The quantitative estimate of drug-likeness (QED) is 0.434. The highest BCUT2D eigenvalue weighted by molar-refractivity contribution is 5.99. The fourth-order valence-corrected chi connectivity index (χ4v) is 5.67. The van der Waals surface area contributed by atoms with Crippen molar-refractivity contribution in [2.75, 3.05) is 42.5 Å². The fraction of sp³-hybridized carbons (Fsp3) is 0.400. The Bertz CT molecular complexity index is 1490. The van der Waals surface area contributed by atoms with Crippen LogP contribution in [0.3, 0.4) is 0 Å². The Balaban J connectivity index is 1.42. The first-order chi connectivity index (χ1) is 19.1. The van der Waals surface area contributed by atoms with Crippen LogP contribution in [-0.2, 0) is 13.0 Å². The Morgan fingerprint density at radius 3 is 2.42 bits per heavy atom. The molecule has 0 spiro atoms. The van der Waals surface area contributed by atoms with Crippen LogP contribution in [0.1, 0.15) is 46.6 Å². The van der Waals surface area contributed by atoms with Gasteiger partial charge in [0.2, 0.25) is 0 Å². The summed E-state index contributed by atoms with van der Waals surface area (Å²) in [4.78, 5) is 50.6. The molecule has 2 aromatic heterocycles. The van der Waals surface area contributed by atoms with E-state index in [2.05, 4.69) is 45.0 Å². The van der Waals surface area contributed by atoms with Crippen LogP contribution < -0.4 is 20.7 Å². The predicted octanol–water partition coefficient (Wildman–Crippen LogP) is 3.55. The van der Waals surface area contributed by atoms with E-state index in [1.54, 1.807) is 0 Å². The number of rotatable bonds is 6. The summed E-state index contributed by atoms with van der Waals surface area (Å²) in [5.41, 5.74) is 6.49. The molecule has 1 saturated heterocycles. The van der Waals surface area contributed by atoms with Gasteiger partial charge in [-0.15, -0.1) is 0 Å². The van der Waals surface area contributed by atoms with Gasteiger partial charge in [0.15, 0.2) is 0 Å². The number of carboxylic acid groups (broad SMARTS) is 1. The van der Waals surface area contributed by atoms with Gasteiger partial charge in [-0.2, -0.15) is 0 Å². The smallest absolute Gasteiger partial charge is 0.407 e. The SMILES string of the molecule is Cc1cc(C)c(CNC(=O)c2cc(-c3ccc(N4CCN(C(=O)O)CC4)nc3)cc3c2CCN3C(C)C)c(=O)[nH]1. The Labute approximate surface area is 233 Å². The minimum Gasteiger partial charge on any atom is -0.465 e. The number of aromatic amines is 1. The number of anilines is 2. The van der Waals surface area contributed by atoms with Gasteiger partial charge in [0.05, 0.1) is 0 Å². The highest BCUT2D eigenvalue weighted by Gasteiger charge is 2.28. The van der Waals surface area contributed by atoms with Gasteiger partial charge in [0.25, 0.3) is 11.5 Å². The van der Waals surface area contributed by atoms with Gasteiger partial charge in [-0.05, 0) is 81.1 Å². The molecule has 0 radical (unpaired) electrons. The molecule has 10 heteroatoms. The maximum atomic E-state index is 13.6. The molecule has 210 valence electrons. The topological polar surface area (TPSA) is 122 Å². The van der Waals surface area contributed by atoms with Crippen LogP contribution in [-0.4, -0.2) is 70.7 Å². The molecule has 5 rings (SSSR count). The van der Waals surface area contributed by atoms with E-state index in [9.17, 15) is 19.5 Å². The van der Waals surface area contributed by atoms with Crippen LogP contribution in [0, 0.1) is 13.8 Å². The van der Waals surface area contributed by atoms with Gasteiger partial charge in [0, 0.05) is 79.6 Å². The predicted molar refractivity (Wildman–Crippen MR) is 155 cm³/mol. The second-order valence-electron chi connectivity index (χ2n) is 10.8. The van der Waals surface area contributed by atoms with Crippen LogP contribution in [0.15, 0.2) is 41.3 Å². The zero-order valence-corrected chi connectivity index (χ0v) is 23.5. The molecule has 1 fully saturated rings. The number of hydrogen-bond donors (Lipinski definition) is 3. The number of aryl methyl sites for hydroxylation is 2. The molecule has 3 aromatic rings. The summed E-state index contributed by atoms with van der Waals surface area (Å²) >= 11 is 0. The number of nitrogens with one attached hydrogen (secondary N) is 2. The van der Waals surface area contributed by atoms with Gasteiger partial charge < -0.3 is 30.1 Å². The molecule has 2 amide bonds. The van der Waals surface area contributed by atoms with Gasteiger partial charge >= 0.3 is 6.09 Å². The van der Waals surface area contributed by atoms with Crippen LogP contribution in [0.4, 0.5) is 16.3 Å². The molecule has 0 saturated carbocycles. The highest BCUT2D eigenvalue weighted by atomic mass is 16.4. The Kier molecular flexibility index (Phi) is 7.51. The molecule has 0 atom stereocenters. The lowest BCUT2D eigenvalue weighted by Crippen LogP contribution is -2.48. The van der Waals surface area contributed by atoms with Crippen molar-refractivity contribution in [2.45, 2.75) is 46.7 Å². The average molecular weight is 545 g/mol. The second kappa shape index (κ2) is 11.0. The normalized spacial score (nSPS) is 15.0. The summed E-state index contributed by atoms with van der Waals surface area (Å²) in [6.45, 7) is 11.1. The summed E-state index contributed by atoms with van der Waals surface area (Å²) < 4.78 is 0. The molecule has 2 aliphatic heterocycles. The van der Waals surface area contributed by atoms with E-state index in [0.29, 0.717) is 37.3 Å². The molecule has 2 aliphatic rings. The molecule has 0 aliphatic carbocycles. The summed E-state index contributed by atoms with van der Waals surface area (Å²) in [5, 5.41) is 12.2. The van der Waals surface area contributed by atoms with E-state index in [4.69, 9.17) is 0 Å². The van der Waals surface area contributed by atoms with Crippen LogP contribution >= 0.6 is 0 Å². The Morgan fingerprint density at radius 2 is 1.80 bits per heavy atom. The molecule has 40 heavy (non-hydrogen) atoms. The highest BCUT2D eigenvalue weighted by Crippen LogP contribution is 2.37. The first-order valence-electron chi connectivity index (χ1n) is 13.7. The van der Waals surface area contributed by atoms with Gasteiger partial charge in [-0.25, -0.2) is 9.78 Å². The van der Waals surface area contributed by atoms with E-state index in [0.717, 1.165) is 52.4 Å². The first-order valence-corrected chi connectivity index (χ1v) is 13.7. The summed E-state index contributed by atoms with van der Waals surface area (Å²) in [7, 11) is 0. The van der Waals surface area contributed by atoms with Crippen molar-refractivity contribution < 1.29 is 14.7 Å². The molecule has 4 heterocycles. The maximum absolute atomic E-state index is 13.6. The molecular formula is C30H36N6O4. The van der Waals surface area contributed by atoms with Crippen LogP contribution in [0.2, 0.25) is 0 Å². The summed E-state index contributed by atoms with van der Waals surface area (Å²) in [6.07, 6.45) is 1.70. The molecule has 10 nitrogen and oxygen atoms in total.